The molecular weight excluding hydrogens is 322 g/mol. The second-order valence-electron chi connectivity index (χ2n) is 5.40. The summed E-state index contributed by atoms with van der Waals surface area (Å²) in [5, 5.41) is 47.8. The summed E-state index contributed by atoms with van der Waals surface area (Å²) in [5.74, 6) is 3.91. The molecule has 1 aromatic rings. The first kappa shape index (κ1) is 18.3. The van der Waals surface area contributed by atoms with E-state index >= 15 is 0 Å². The predicted octanol–water partition coefficient (Wildman–Crippen LogP) is -3.31. The molecule has 7 N–H and O–H groups in total. The van der Waals surface area contributed by atoms with Gasteiger partial charge < -0.3 is 36.0 Å². The second kappa shape index (κ2) is 7.27. The monoisotopic (exact) mass is 341 g/mol. The van der Waals surface area contributed by atoms with Crippen LogP contribution >= 0.6 is 0 Å². The van der Waals surface area contributed by atoms with Crippen molar-refractivity contribution in [1.29, 1.82) is 0 Å². The maximum atomic E-state index is 11.5. The number of imidazole rings is 1. The highest BCUT2D eigenvalue weighted by molar-refractivity contribution is 5.93. The van der Waals surface area contributed by atoms with Crippen LogP contribution < -0.4 is 5.73 Å². The fraction of sp³-hybridized carbons (Fsp3) is 0.571. The van der Waals surface area contributed by atoms with Crippen LogP contribution in [0.1, 0.15) is 29.3 Å². The second-order valence-corrected chi connectivity index (χ2v) is 5.40. The average Bonchev–Trinajstić information content (AvgIpc) is 3.07. The van der Waals surface area contributed by atoms with E-state index in [2.05, 4.69) is 16.8 Å². The van der Waals surface area contributed by atoms with E-state index in [0.29, 0.717) is 0 Å². The Morgan fingerprint density at radius 3 is 2.62 bits per heavy atom. The van der Waals surface area contributed by atoms with E-state index in [9.17, 15) is 25.2 Å². The van der Waals surface area contributed by atoms with Crippen LogP contribution in [0.4, 0.5) is 0 Å². The Labute approximate surface area is 137 Å². The number of nitrogens with zero attached hydrogens (tertiary/aromatic N) is 2. The van der Waals surface area contributed by atoms with Crippen molar-refractivity contribution in [1.82, 2.24) is 9.55 Å². The van der Waals surface area contributed by atoms with Crippen LogP contribution in [0.2, 0.25) is 0 Å². The van der Waals surface area contributed by atoms with Crippen LogP contribution in [0.15, 0.2) is 6.33 Å². The van der Waals surface area contributed by atoms with E-state index in [-0.39, 0.29) is 11.4 Å². The highest BCUT2D eigenvalue weighted by atomic mass is 16.6. The van der Waals surface area contributed by atoms with E-state index in [1.807, 2.05) is 0 Å². The number of carbonyl (C=O) groups excluding carboxylic acids is 1. The predicted molar refractivity (Wildman–Crippen MR) is 78.3 cm³/mol. The molecule has 132 valence electrons. The number of amides is 1. The van der Waals surface area contributed by atoms with Gasteiger partial charge >= 0.3 is 0 Å². The van der Waals surface area contributed by atoms with Crippen molar-refractivity contribution in [3.8, 4) is 11.8 Å². The van der Waals surface area contributed by atoms with Gasteiger partial charge in [-0.3, -0.25) is 9.36 Å². The van der Waals surface area contributed by atoms with Crippen LogP contribution in [0.25, 0.3) is 0 Å². The quantitative estimate of drug-likeness (QED) is 0.309. The summed E-state index contributed by atoms with van der Waals surface area (Å²) in [5.41, 5.74) is 4.94. The van der Waals surface area contributed by atoms with Gasteiger partial charge in [0.1, 0.15) is 30.1 Å². The Kier molecular flexibility index (Phi) is 5.55. The minimum atomic E-state index is -1.40. The molecule has 2 unspecified atom stereocenters. The molecule has 0 radical (unpaired) electrons. The van der Waals surface area contributed by atoms with Crippen LogP contribution in [-0.2, 0) is 4.74 Å². The lowest BCUT2D eigenvalue weighted by atomic mass is 10.1. The number of primary amides is 1. The first-order chi connectivity index (χ1) is 11.3. The normalized spacial score (nSPS) is 28.9. The molecule has 10 nitrogen and oxygen atoms in total. The maximum absolute atomic E-state index is 11.5. The summed E-state index contributed by atoms with van der Waals surface area (Å²) in [6.07, 6.45) is -6.29. The molecule has 0 saturated carbocycles. The highest BCUT2D eigenvalue weighted by Crippen LogP contribution is 2.30. The summed E-state index contributed by atoms with van der Waals surface area (Å²) < 4.78 is 6.52. The molecular formula is C14H19N3O7. The van der Waals surface area contributed by atoms with Gasteiger partial charge in [0.2, 0.25) is 0 Å². The van der Waals surface area contributed by atoms with Crippen molar-refractivity contribution < 1.29 is 35.1 Å². The number of nitrogens with two attached hydrogens (primary N) is 1. The molecule has 1 aliphatic heterocycles. The van der Waals surface area contributed by atoms with Gasteiger partial charge in [0.25, 0.3) is 5.91 Å². The Balaban J connectivity index is 2.43. The van der Waals surface area contributed by atoms with Crippen molar-refractivity contribution in [2.45, 2.75) is 43.7 Å². The maximum Gasteiger partial charge on any atom is 0.270 e. The zero-order valence-corrected chi connectivity index (χ0v) is 12.8. The third-order valence-electron chi connectivity index (χ3n) is 3.61. The Hall–Kier alpha value is -2.00. The Morgan fingerprint density at radius 2 is 2.12 bits per heavy atom. The standard InChI is InChI=1S/C14H19N3O7/c1-6(19)8(20)3-2-7-10(13(15)23)16-5-17(7)14-12(22)11(21)9(4-18)24-14/h5-6,8-9,11-12,14,18-22H,4H2,1H3,(H2,15,23)/t6?,8?,9-,11-,12-,14-/m1/s1. The minimum Gasteiger partial charge on any atom is -0.394 e. The van der Waals surface area contributed by atoms with Crippen LogP contribution in [0.3, 0.4) is 0 Å². The minimum absolute atomic E-state index is 0.0583. The molecule has 2 heterocycles. The van der Waals surface area contributed by atoms with Gasteiger partial charge in [-0.25, -0.2) is 4.98 Å². The number of rotatable bonds is 4. The molecule has 1 fully saturated rings. The molecule has 0 spiro atoms. The van der Waals surface area contributed by atoms with Crippen molar-refractivity contribution in [2.24, 2.45) is 5.73 Å². The van der Waals surface area contributed by atoms with E-state index in [1.165, 1.54) is 11.5 Å². The zero-order valence-electron chi connectivity index (χ0n) is 12.8. The van der Waals surface area contributed by atoms with Gasteiger partial charge in [-0.15, -0.1) is 0 Å². The van der Waals surface area contributed by atoms with Gasteiger partial charge in [0.05, 0.1) is 19.0 Å². The van der Waals surface area contributed by atoms with Gasteiger partial charge in [-0.2, -0.15) is 0 Å². The zero-order chi connectivity index (χ0) is 18.0. The number of aliphatic hydroxyl groups excluding tert-OH is 5. The molecule has 1 saturated heterocycles. The summed E-state index contributed by atoms with van der Waals surface area (Å²) in [7, 11) is 0. The van der Waals surface area contributed by atoms with Gasteiger partial charge in [0, 0.05) is 0 Å². The fourth-order valence-corrected chi connectivity index (χ4v) is 2.23. The van der Waals surface area contributed by atoms with E-state index in [1.54, 1.807) is 0 Å². The number of hydrogen-bond donors (Lipinski definition) is 6. The highest BCUT2D eigenvalue weighted by Gasteiger charge is 2.44. The lowest BCUT2D eigenvalue weighted by Gasteiger charge is -2.17. The lowest BCUT2D eigenvalue weighted by molar-refractivity contribution is -0.0531. The number of aliphatic hydroxyl groups is 5. The molecule has 0 aliphatic carbocycles. The van der Waals surface area contributed by atoms with E-state index in [0.717, 1.165) is 6.33 Å². The van der Waals surface area contributed by atoms with Crippen molar-refractivity contribution in [3.05, 3.63) is 17.7 Å². The van der Waals surface area contributed by atoms with Gasteiger partial charge in [0.15, 0.2) is 11.9 Å². The number of hydrogen-bond acceptors (Lipinski definition) is 8. The molecule has 10 heteroatoms. The molecule has 0 bridgehead atoms. The first-order valence-electron chi connectivity index (χ1n) is 7.14. The topological polar surface area (TPSA) is 171 Å². The molecule has 6 atom stereocenters. The first-order valence-corrected chi connectivity index (χ1v) is 7.14. The van der Waals surface area contributed by atoms with Crippen LogP contribution in [0, 0.1) is 11.8 Å². The fourth-order valence-electron chi connectivity index (χ4n) is 2.23. The SMILES string of the molecule is CC(O)C(O)C#Cc1c(C(N)=O)ncn1[C@@H]1O[C@H](CO)[C@@H](O)[C@H]1O. The van der Waals surface area contributed by atoms with Crippen molar-refractivity contribution in [3.63, 3.8) is 0 Å². The van der Waals surface area contributed by atoms with Crippen molar-refractivity contribution in [2.75, 3.05) is 6.61 Å². The van der Waals surface area contributed by atoms with E-state index in [4.69, 9.17) is 15.6 Å². The smallest absolute Gasteiger partial charge is 0.270 e. The Morgan fingerprint density at radius 1 is 1.46 bits per heavy atom. The van der Waals surface area contributed by atoms with Crippen molar-refractivity contribution >= 4 is 5.91 Å². The summed E-state index contributed by atoms with van der Waals surface area (Å²) in [6.45, 7) is 0.811. The third-order valence-corrected chi connectivity index (χ3v) is 3.61. The number of aromatic nitrogens is 2. The Bertz CT molecular complexity index is 663. The van der Waals surface area contributed by atoms with Crippen LogP contribution in [0.5, 0.6) is 0 Å². The largest absolute Gasteiger partial charge is 0.394 e. The lowest BCUT2D eigenvalue weighted by Crippen LogP contribution is -2.33. The number of carbonyl (C=O) groups is 1. The molecule has 24 heavy (non-hydrogen) atoms. The summed E-state index contributed by atoms with van der Waals surface area (Å²) >= 11 is 0. The average molecular weight is 341 g/mol. The van der Waals surface area contributed by atoms with Crippen LogP contribution in [-0.4, -0.2) is 78.1 Å². The van der Waals surface area contributed by atoms with Gasteiger partial charge in [-0.1, -0.05) is 5.92 Å². The van der Waals surface area contributed by atoms with E-state index < -0.39 is 49.3 Å². The molecule has 1 amide bonds. The summed E-state index contributed by atoms with van der Waals surface area (Å²) in [4.78, 5) is 15.3. The third kappa shape index (κ3) is 3.41. The molecule has 0 aromatic carbocycles. The summed E-state index contributed by atoms with van der Waals surface area (Å²) in [6, 6.07) is 0. The number of ether oxygens (including phenoxy) is 1. The van der Waals surface area contributed by atoms with Gasteiger partial charge in [-0.05, 0) is 12.8 Å². The molecule has 2 rings (SSSR count). The molecule has 1 aromatic heterocycles. The molecule has 1 aliphatic rings.